The molecule has 124 valence electrons. The zero-order chi connectivity index (χ0) is 17.3. The predicted molar refractivity (Wildman–Crippen MR) is 114 cm³/mol. The van der Waals surface area contributed by atoms with Crippen LogP contribution in [0.25, 0.3) is 31.3 Å². The molecule has 1 heterocycles. The average Bonchev–Trinajstić information content (AvgIpc) is 3.07. The van der Waals surface area contributed by atoms with Crippen molar-refractivity contribution < 1.29 is 0 Å². The molecule has 0 saturated heterocycles. The quantitative estimate of drug-likeness (QED) is 0.320. The molecule has 1 aromatic heterocycles. The van der Waals surface area contributed by atoms with Crippen molar-refractivity contribution >= 4 is 31.5 Å². The van der Waals surface area contributed by atoms with Crippen molar-refractivity contribution in [2.24, 2.45) is 0 Å². The van der Waals surface area contributed by atoms with E-state index in [1.54, 1.807) is 0 Å². The van der Waals surface area contributed by atoms with Gasteiger partial charge < -0.3 is 0 Å². The van der Waals surface area contributed by atoms with Gasteiger partial charge in [0.2, 0.25) is 0 Å². The Hall–Kier alpha value is -2.90. The second kappa shape index (κ2) is 6.44. The highest BCUT2D eigenvalue weighted by atomic mass is 32.1. The first-order chi connectivity index (χ1) is 12.9. The number of hydrogen-bond donors (Lipinski definition) is 0. The van der Waals surface area contributed by atoms with E-state index in [0.29, 0.717) is 0 Å². The average molecular weight is 350 g/mol. The maximum Gasteiger partial charge on any atom is 0.0361 e. The maximum atomic E-state index is 2.33. The SMILES string of the molecule is c1ccc(Cc2cccc(-c3ccc4c(c3)sc3ccccc34)c2)cc1. The van der Waals surface area contributed by atoms with Crippen molar-refractivity contribution in [2.75, 3.05) is 0 Å². The summed E-state index contributed by atoms with van der Waals surface area (Å²) < 4.78 is 2.72. The zero-order valence-corrected chi connectivity index (χ0v) is 15.2. The molecular formula is C25H18S. The molecule has 0 aliphatic carbocycles. The number of hydrogen-bond acceptors (Lipinski definition) is 1. The highest BCUT2D eigenvalue weighted by molar-refractivity contribution is 7.25. The Labute approximate surface area is 157 Å². The lowest BCUT2D eigenvalue weighted by Gasteiger charge is -2.06. The van der Waals surface area contributed by atoms with E-state index < -0.39 is 0 Å². The van der Waals surface area contributed by atoms with Crippen LogP contribution in [0.4, 0.5) is 0 Å². The molecule has 0 aliphatic rings. The van der Waals surface area contributed by atoms with Gasteiger partial charge in [-0.2, -0.15) is 0 Å². The molecule has 0 atom stereocenters. The van der Waals surface area contributed by atoms with Gasteiger partial charge in [0.25, 0.3) is 0 Å². The van der Waals surface area contributed by atoms with Gasteiger partial charge in [0, 0.05) is 20.2 Å². The summed E-state index contributed by atoms with van der Waals surface area (Å²) in [7, 11) is 0. The lowest BCUT2D eigenvalue weighted by Crippen LogP contribution is -1.88. The van der Waals surface area contributed by atoms with Crippen molar-refractivity contribution in [3.05, 3.63) is 108 Å². The van der Waals surface area contributed by atoms with Gasteiger partial charge in [-0.05, 0) is 40.8 Å². The first kappa shape index (κ1) is 15.4. The Balaban J connectivity index is 1.55. The Morgan fingerprint density at radius 2 is 1.23 bits per heavy atom. The second-order valence-corrected chi connectivity index (χ2v) is 7.76. The number of thiophene rings is 1. The molecule has 5 rings (SSSR count). The monoisotopic (exact) mass is 350 g/mol. The van der Waals surface area contributed by atoms with E-state index in [9.17, 15) is 0 Å². The molecule has 26 heavy (non-hydrogen) atoms. The number of rotatable bonds is 3. The van der Waals surface area contributed by atoms with E-state index in [4.69, 9.17) is 0 Å². The molecule has 0 aliphatic heterocycles. The standard InChI is InChI=1S/C25H18S/c1-2-7-18(8-3-1)15-19-9-6-10-20(16-19)21-13-14-23-22-11-4-5-12-24(22)26-25(23)17-21/h1-14,16-17H,15H2. The third-order valence-corrected chi connectivity index (χ3v) is 6.02. The zero-order valence-electron chi connectivity index (χ0n) is 14.4. The van der Waals surface area contributed by atoms with Crippen LogP contribution in [0, 0.1) is 0 Å². The van der Waals surface area contributed by atoms with E-state index in [1.165, 1.54) is 42.4 Å². The fourth-order valence-corrected chi connectivity index (χ4v) is 4.74. The van der Waals surface area contributed by atoms with Crippen LogP contribution in [0.15, 0.2) is 97.1 Å². The predicted octanol–water partition coefficient (Wildman–Crippen LogP) is 7.31. The lowest BCUT2D eigenvalue weighted by molar-refractivity contribution is 1.19. The van der Waals surface area contributed by atoms with E-state index in [0.717, 1.165) is 6.42 Å². The Bertz CT molecular complexity index is 1200. The fourth-order valence-electron chi connectivity index (χ4n) is 3.60. The molecule has 0 saturated carbocycles. The Morgan fingerprint density at radius 3 is 2.15 bits per heavy atom. The first-order valence-corrected chi connectivity index (χ1v) is 9.73. The third kappa shape index (κ3) is 2.81. The minimum absolute atomic E-state index is 0.972. The third-order valence-electron chi connectivity index (χ3n) is 4.89. The van der Waals surface area contributed by atoms with Gasteiger partial charge in [-0.15, -0.1) is 11.3 Å². The van der Waals surface area contributed by atoms with Crippen molar-refractivity contribution in [1.82, 2.24) is 0 Å². The molecule has 0 amide bonds. The summed E-state index contributed by atoms with van der Waals surface area (Å²) >= 11 is 1.88. The topological polar surface area (TPSA) is 0 Å². The summed E-state index contributed by atoms with van der Waals surface area (Å²) in [6, 6.07) is 35.1. The van der Waals surface area contributed by atoms with Crippen molar-refractivity contribution in [3.8, 4) is 11.1 Å². The van der Waals surface area contributed by atoms with E-state index in [2.05, 4.69) is 97.1 Å². The van der Waals surface area contributed by atoms with Crippen LogP contribution in [-0.2, 0) is 6.42 Å². The van der Waals surface area contributed by atoms with Crippen LogP contribution in [0.2, 0.25) is 0 Å². The number of benzene rings is 4. The van der Waals surface area contributed by atoms with E-state index >= 15 is 0 Å². The molecule has 4 aromatic carbocycles. The summed E-state index contributed by atoms with van der Waals surface area (Å²) in [4.78, 5) is 0. The summed E-state index contributed by atoms with van der Waals surface area (Å²) in [6.07, 6.45) is 0.972. The van der Waals surface area contributed by atoms with Gasteiger partial charge in [-0.1, -0.05) is 84.9 Å². The van der Waals surface area contributed by atoms with Crippen molar-refractivity contribution in [1.29, 1.82) is 0 Å². The Kier molecular flexibility index (Phi) is 3.80. The number of fused-ring (bicyclic) bond motifs is 3. The van der Waals surface area contributed by atoms with E-state index in [1.807, 2.05) is 11.3 Å². The molecule has 0 fully saturated rings. The summed E-state index contributed by atoms with van der Waals surface area (Å²) in [5, 5.41) is 2.71. The van der Waals surface area contributed by atoms with Crippen LogP contribution in [0.3, 0.4) is 0 Å². The highest BCUT2D eigenvalue weighted by Gasteiger charge is 2.07. The molecule has 0 radical (unpaired) electrons. The largest absolute Gasteiger partial charge is 0.135 e. The molecule has 0 unspecified atom stereocenters. The molecule has 0 N–H and O–H groups in total. The highest BCUT2D eigenvalue weighted by Crippen LogP contribution is 2.36. The summed E-state index contributed by atoms with van der Waals surface area (Å²) in [6.45, 7) is 0. The first-order valence-electron chi connectivity index (χ1n) is 8.91. The minimum atomic E-state index is 0.972. The second-order valence-electron chi connectivity index (χ2n) is 6.67. The van der Waals surface area contributed by atoms with Crippen LogP contribution in [0.1, 0.15) is 11.1 Å². The van der Waals surface area contributed by atoms with Gasteiger partial charge in [0.05, 0.1) is 0 Å². The minimum Gasteiger partial charge on any atom is -0.135 e. The van der Waals surface area contributed by atoms with Crippen molar-refractivity contribution in [3.63, 3.8) is 0 Å². The normalized spacial score (nSPS) is 11.2. The molecular weight excluding hydrogens is 332 g/mol. The summed E-state index contributed by atoms with van der Waals surface area (Å²) in [5.41, 5.74) is 5.28. The molecule has 1 heteroatoms. The van der Waals surface area contributed by atoms with E-state index in [-0.39, 0.29) is 0 Å². The molecule has 0 nitrogen and oxygen atoms in total. The van der Waals surface area contributed by atoms with Crippen LogP contribution in [-0.4, -0.2) is 0 Å². The van der Waals surface area contributed by atoms with Gasteiger partial charge in [0.15, 0.2) is 0 Å². The fraction of sp³-hybridized carbons (Fsp3) is 0.0400. The van der Waals surface area contributed by atoms with Crippen LogP contribution >= 0.6 is 11.3 Å². The maximum absolute atomic E-state index is 2.33. The van der Waals surface area contributed by atoms with Crippen molar-refractivity contribution in [2.45, 2.75) is 6.42 Å². The van der Waals surface area contributed by atoms with Gasteiger partial charge in [-0.25, -0.2) is 0 Å². The molecule has 0 spiro atoms. The van der Waals surface area contributed by atoms with Gasteiger partial charge in [-0.3, -0.25) is 0 Å². The molecule has 0 bridgehead atoms. The smallest absolute Gasteiger partial charge is 0.0361 e. The van der Waals surface area contributed by atoms with Gasteiger partial charge in [0.1, 0.15) is 0 Å². The lowest BCUT2D eigenvalue weighted by atomic mass is 9.98. The van der Waals surface area contributed by atoms with Crippen LogP contribution < -0.4 is 0 Å². The Morgan fingerprint density at radius 1 is 0.500 bits per heavy atom. The summed E-state index contributed by atoms with van der Waals surface area (Å²) in [5.74, 6) is 0. The van der Waals surface area contributed by atoms with Crippen LogP contribution in [0.5, 0.6) is 0 Å². The van der Waals surface area contributed by atoms with Gasteiger partial charge >= 0.3 is 0 Å². The molecule has 5 aromatic rings.